The molecule has 1 aromatic rings. The fourth-order valence-electron chi connectivity index (χ4n) is 1.25. The van der Waals surface area contributed by atoms with Crippen LogP contribution in [-0.4, -0.2) is 18.8 Å². The number of phenolic OH excluding ortho intramolecular Hbond substituents is 1. The quantitative estimate of drug-likeness (QED) is 0.873. The highest BCUT2D eigenvalue weighted by Crippen LogP contribution is 2.35. The lowest BCUT2D eigenvalue weighted by Gasteiger charge is -2.27. The van der Waals surface area contributed by atoms with Gasteiger partial charge in [-0.3, -0.25) is 0 Å². The summed E-state index contributed by atoms with van der Waals surface area (Å²) >= 11 is 3.25. The van der Waals surface area contributed by atoms with Gasteiger partial charge in [0.15, 0.2) is 0 Å². The molecule has 0 aromatic heterocycles. The van der Waals surface area contributed by atoms with Crippen LogP contribution in [0.15, 0.2) is 22.7 Å². The largest absolute Gasteiger partial charge is 0.506 e. The van der Waals surface area contributed by atoms with Crippen molar-refractivity contribution in [1.82, 2.24) is 0 Å². The lowest BCUT2D eigenvalue weighted by molar-refractivity contribution is 0.00819. The maximum absolute atomic E-state index is 9.81. The molecule has 3 nitrogen and oxygen atoms in total. The zero-order valence-corrected chi connectivity index (χ0v) is 9.84. The Kier molecular flexibility index (Phi) is 3.53. The van der Waals surface area contributed by atoms with E-state index in [1.54, 1.807) is 19.2 Å². The number of aromatic hydroxyl groups is 1. The van der Waals surface area contributed by atoms with Gasteiger partial charge in [0.2, 0.25) is 0 Å². The van der Waals surface area contributed by atoms with Gasteiger partial charge in [-0.15, -0.1) is 0 Å². The maximum atomic E-state index is 9.81. The number of hydrogen-bond donors (Lipinski definition) is 2. The number of phenols is 1. The molecule has 1 aromatic carbocycles. The fourth-order valence-corrected chi connectivity index (χ4v) is 1.61. The van der Waals surface area contributed by atoms with E-state index in [9.17, 15) is 5.11 Å². The molecular formula is C10H14BrNO2. The van der Waals surface area contributed by atoms with Crippen molar-refractivity contribution < 1.29 is 9.84 Å². The SMILES string of the molecule is COC(C)(CN)c1cccc(Br)c1O. The zero-order chi connectivity index (χ0) is 10.8. The molecule has 0 saturated carbocycles. The average Bonchev–Trinajstić information content (AvgIpc) is 2.21. The van der Waals surface area contributed by atoms with E-state index in [4.69, 9.17) is 10.5 Å². The standard InChI is InChI=1S/C10H14BrNO2/c1-10(6-12,14-2)7-4-3-5-8(11)9(7)13/h3-5,13H,6,12H2,1-2H3. The molecule has 0 aliphatic carbocycles. The number of rotatable bonds is 3. The summed E-state index contributed by atoms with van der Waals surface area (Å²) in [5.41, 5.74) is 5.66. The molecule has 0 radical (unpaired) electrons. The number of hydrogen-bond acceptors (Lipinski definition) is 3. The van der Waals surface area contributed by atoms with Crippen LogP contribution in [0.5, 0.6) is 5.75 Å². The van der Waals surface area contributed by atoms with Gasteiger partial charge >= 0.3 is 0 Å². The minimum atomic E-state index is -0.645. The molecule has 0 saturated heterocycles. The molecule has 0 aliphatic heterocycles. The summed E-state index contributed by atoms with van der Waals surface area (Å²) < 4.78 is 5.95. The fraction of sp³-hybridized carbons (Fsp3) is 0.400. The molecule has 3 N–H and O–H groups in total. The van der Waals surface area contributed by atoms with Crippen molar-refractivity contribution in [2.24, 2.45) is 5.73 Å². The van der Waals surface area contributed by atoms with Gasteiger partial charge in [-0.2, -0.15) is 0 Å². The zero-order valence-electron chi connectivity index (χ0n) is 8.25. The molecule has 0 aliphatic rings. The smallest absolute Gasteiger partial charge is 0.135 e. The van der Waals surface area contributed by atoms with Crippen molar-refractivity contribution in [2.45, 2.75) is 12.5 Å². The molecule has 1 unspecified atom stereocenters. The Morgan fingerprint density at radius 1 is 1.57 bits per heavy atom. The Morgan fingerprint density at radius 3 is 2.71 bits per heavy atom. The Morgan fingerprint density at radius 2 is 2.21 bits per heavy atom. The average molecular weight is 260 g/mol. The van der Waals surface area contributed by atoms with E-state index < -0.39 is 5.60 Å². The highest BCUT2D eigenvalue weighted by Gasteiger charge is 2.28. The Labute approximate surface area is 92.0 Å². The molecule has 0 fully saturated rings. The summed E-state index contributed by atoms with van der Waals surface area (Å²) in [7, 11) is 1.58. The molecule has 4 heteroatoms. The summed E-state index contributed by atoms with van der Waals surface area (Å²) in [6, 6.07) is 5.41. The first kappa shape index (κ1) is 11.5. The van der Waals surface area contributed by atoms with Crippen LogP contribution in [-0.2, 0) is 10.3 Å². The Balaban J connectivity index is 3.24. The van der Waals surface area contributed by atoms with Crippen molar-refractivity contribution in [3.8, 4) is 5.75 Å². The number of halogens is 1. The van der Waals surface area contributed by atoms with Crippen LogP contribution in [0.2, 0.25) is 0 Å². The van der Waals surface area contributed by atoms with Crippen LogP contribution >= 0.6 is 15.9 Å². The van der Waals surface area contributed by atoms with Crippen molar-refractivity contribution in [1.29, 1.82) is 0 Å². The van der Waals surface area contributed by atoms with Gasteiger partial charge in [0.1, 0.15) is 11.4 Å². The van der Waals surface area contributed by atoms with E-state index in [0.29, 0.717) is 16.6 Å². The summed E-state index contributed by atoms with van der Waals surface area (Å²) in [5.74, 6) is 0.183. The normalized spacial score (nSPS) is 15.1. The van der Waals surface area contributed by atoms with Crippen LogP contribution < -0.4 is 5.73 Å². The number of para-hydroxylation sites is 1. The minimum absolute atomic E-state index is 0.183. The lowest BCUT2D eigenvalue weighted by Crippen LogP contribution is -2.33. The second kappa shape index (κ2) is 4.29. The summed E-state index contributed by atoms with van der Waals surface area (Å²) in [4.78, 5) is 0. The predicted molar refractivity (Wildman–Crippen MR) is 59.2 cm³/mol. The Hall–Kier alpha value is -0.580. The van der Waals surface area contributed by atoms with Crippen molar-refractivity contribution in [3.63, 3.8) is 0 Å². The van der Waals surface area contributed by atoms with Crippen LogP contribution in [0.4, 0.5) is 0 Å². The van der Waals surface area contributed by atoms with Crippen LogP contribution in [0.1, 0.15) is 12.5 Å². The van der Waals surface area contributed by atoms with Gasteiger partial charge in [0.05, 0.1) is 4.47 Å². The monoisotopic (exact) mass is 259 g/mol. The lowest BCUT2D eigenvalue weighted by atomic mass is 9.95. The molecular weight excluding hydrogens is 246 g/mol. The highest BCUT2D eigenvalue weighted by molar-refractivity contribution is 9.10. The van der Waals surface area contributed by atoms with Crippen LogP contribution in [0.3, 0.4) is 0 Å². The third kappa shape index (κ3) is 1.92. The third-order valence-corrected chi connectivity index (χ3v) is 3.04. The van der Waals surface area contributed by atoms with E-state index in [0.717, 1.165) is 0 Å². The van der Waals surface area contributed by atoms with Crippen molar-refractivity contribution in [2.75, 3.05) is 13.7 Å². The van der Waals surface area contributed by atoms with E-state index in [1.165, 1.54) is 0 Å². The van der Waals surface area contributed by atoms with E-state index in [2.05, 4.69) is 15.9 Å². The second-order valence-electron chi connectivity index (χ2n) is 3.28. The van der Waals surface area contributed by atoms with Gasteiger partial charge in [0, 0.05) is 19.2 Å². The van der Waals surface area contributed by atoms with Gasteiger partial charge in [-0.05, 0) is 28.9 Å². The molecule has 14 heavy (non-hydrogen) atoms. The first-order valence-electron chi connectivity index (χ1n) is 4.28. The van der Waals surface area contributed by atoms with Crippen LogP contribution in [0, 0.1) is 0 Å². The molecule has 1 atom stereocenters. The van der Waals surface area contributed by atoms with Crippen LogP contribution in [0.25, 0.3) is 0 Å². The highest BCUT2D eigenvalue weighted by atomic mass is 79.9. The van der Waals surface area contributed by atoms with Crippen molar-refractivity contribution >= 4 is 15.9 Å². The first-order chi connectivity index (χ1) is 6.55. The molecule has 0 bridgehead atoms. The molecule has 78 valence electrons. The molecule has 0 spiro atoms. The summed E-state index contributed by atoms with van der Waals surface area (Å²) in [5, 5.41) is 9.81. The number of nitrogens with two attached hydrogens (primary N) is 1. The van der Waals surface area contributed by atoms with Gasteiger partial charge < -0.3 is 15.6 Å². The van der Waals surface area contributed by atoms with E-state index in [1.807, 2.05) is 13.0 Å². The van der Waals surface area contributed by atoms with Crippen molar-refractivity contribution in [3.05, 3.63) is 28.2 Å². The third-order valence-electron chi connectivity index (χ3n) is 2.40. The summed E-state index contributed by atoms with van der Waals surface area (Å²) in [6.45, 7) is 2.15. The van der Waals surface area contributed by atoms with Gasteiger partial charge in [-0.1, -0.05) is 12.1 Å². The second-order valence-corrected chi connectivity index (χ2v) is 4.13. The summed E-state index contributed by atoms with van der Waals surface area (Å²) in [6.07, 6.45) is 0. The number of methoxy groups -OCH3 is 1. The minimum Gasteiger partial charge on any atom is -0.506 e. The van der Waals surface area contributed by atoms with Gasteiger partial charge in [0.25, 0.3) is 0 Å². The first-order valence-corrected chi connectivity index (χ1v) is 5.07. The van der Waals surface area contributed by atoms with E-state index in [-0.39, 0.29) is 5.75 Å². The Bertz CT molecular complexity index is 324. The maximum Gasteiger partial charge on any atom is 0.135 e. The number of ether oxygens (including phenoxy) is 1. The van der Waals surface area contributed by atoms with Gasteiger partial charge in [-0.25, -0.2) is 0 Å². The number of benzene rings is 1. The topological polar surface area (TPSA) is 55.5 Å². The molecule has 0 heterocycles. The van der Waals surface area contributed by atoms with E-state index >= 15 is 0 Å². The molecule has 0 amide bonds. The predicted octanol–water partition coefficient (Wildman–Crippen LogP) is 1.98. The molecule has 1 rings (SSSR count).